The van der Waals surface area contributed by atoms with Gasteiger partial charge in [-0.3, -0.25) is 4.79 Å². The first-order chi connectivity index (χ1) is 12.7. The minimum absolute atomic E-state index is 0.0454. The lowest BCUT2D eigenvalue weighted by Crippen LogP contribution is -2.50. The molecule has 1 saturated heterocycles. The van der Waals surface area contributed by atoms with E-state index in [-0.39, 0.29) is 36.8 Å². The first-order valence-electron chi connectivity index (χ1n) is 7.90. The highest BCUT2D eigenvalue weighted by Crippen LogP contribution is 2.24. The van der Waals surface area contributed by atoms with Crippen LogP contribution in [0.3, 0.4) is 0 Å². The third kappa shape index (κ3) is 3.80. The zero-order chi connectivity index (χ0) is 19.8. The minimum Gasteiger partial charge on any atom is -0.336 e. The normalized spacial score (nSPS) is 15.8. The van der Waals surface area contributed by atoms with Gasteiger partial charge < -0.3 is 4.90 Å². The Hall–Kier alpha value is -2.10. The van der Waals surface area contributed by atoms with Crippen molar-refractivity contribution in [1.82, 2.24) is 9.21 Å². The molecule has 0 unspecified atom stereocenters. The molecule has 1 heterocycles. The Kier molecular flexibility index (Phi) is 5.45. The fourth-order valence-corrected chi connectivity index (χ4v) is 4.51. The summed E-state index contributed by atoms with van der Waals surface area (Å²) in [6.07, 6.45) is 0. The monoisotopic (exact) mass is 418 g/mol. The lowest BCUT2D eigenvalue weighted by molar-refractivity contribution is 0.0693. The number of nitrogens with zero attached hydrogens (tertiary/aromatic N) is 2. The average Bonchev–Trinajstić information content (AvgIpc) is 2.61. The van der Waals surface area contributed by atoms with Crippen LogP contribution in [-0.2, 0) is 10.0 Å². The van der Waals surface area contributed by atoms with Gasteiger partial charge in [0.05, 0.1) is 5.56 Å². The van der Waals surface area contributed by atoms with Crippen molar-refractivity contribution in [1.29, 1.82) is 0 Å². The molecular weight excluding hydrogens is 405 g/mol. The van der Waals surface area contributed by atoms with Gasteiger partial charge >= 0.3 is 0 Å². The van der Waals surface area contributed by atoms with E-state index in [0.29, 0.717) is 0 Å². The van der Waals surface area contributed by atoms with E-state index in [4.69, 9.17) is 11.6 Å². The van der Waals surface area contributed by atoms with Gasteiger partial charge in [-0.2, -0.15) is 4.31 Å². The molecule has 0 aliphatic carbocycles. The Labute approximate surface area is 159 Å². The van der Waals surface area contributed by atoms with Gasteiger partial charge in [0, 0.05) is 31.2 Å². The van der Waals surface area contributed by atoms with E-state index in [2.05, 4.69) is 0 Å². The zero-order valence-electron chi connectivity index (χ0n) is 13.8. The van der Waals surface area contributed by atoms with Crippen LogP contribution >= 0.6 is 11.6 Å². The number of hydrogen-bond acceptors (Lipinski definition) is 3. The third-order valence-corrected chi connectivity index (χ3v) is 6.39. The van der Waals surface area contributed by atoms with Crippen molar-refractivity contribution in [3.05, 3.63) is 64.4 Å². The molecule has 0 spiro atoms. The van der Waals surface area contributed by atoms with Crippen molar-refractivity contribution in [2.75, 3.05) is 26.2 Å². The van der Waals surface area contributed by atoms with Gasteiger partial charge in [0.25, 0.3) is 5.91 Å². The zero-order valence-corrected chi connectivity index (χ0v) is 15.4. The summed E-state index contributed by atoms with van der Waals surface area (Å²) < 4.78 is 67.6. The molecule has 27 heavy (non-hydrogen) atoms. The lowest BCUT2D eigenvalue weighted by Gasteiger charge is -2.34. The van der Waals surface area contributed by atoms with Crippen molar-refractivity contribution >= 4 is 27.5 Å². The van der Waals surface area contributed by atoms with Gasteiger partial charge in [-0.15, -0.1) is 0 Å². The van der Waals surface area contributed by atoms with Gasteiger partial charge in [0.2, 0.25) is 10.0 Å². The molecule has 1 fully saturated rings. The maximum atomic E-state index is 13.9. The fraction of sp³-hybridized carbons (Fsp3) is 0.235. The van der Waals surface area contributed by atoms with E-state index in [1.54, 1.807) is 0 Å². The summed E-state index contributed by atoms with van der Waals surface area (Å²) in [5, 5.41) is 0.145. The molecule has 1 amide bonds. The van der Waals surface area contributed by atoms with E-state index < -0.39 is 38.3 Å². The number of benzene rings is 2. The van der Waals surface area contributed by atoms with Crippen LogP contribution in [0.1, 0.15) is 10.4 Å². The van der Waals surface area contributed by atoms with Crippen LogP contribution in [0, 0.1) is 17.5 Å². The maximum absolute atomic E-state index is 13.9. The lowest BCUT2D eigenvalue weighted by atomic mass is 10.1. The molecule has 1 aliphatic heterocycles. The Balaban J connectivity index is 1.76. The number of halogens is 4. The first kappa shape index (κ1) is 19.7. The number of carbonyl (C=O) groups is 1. The molecular formula is C17H14ClF3N2O3S. The molecule has 3 rings (SSSR count). The average molecular weight is 419 g/mol. The number of amides is 1. The molecule has 2 aromatic rings. The number of piperazine rings is 1. The molecule has 0 saturated carbocycles. The van der Waals surface area contributed by atoms with E-state index in [0.717, 1.165) is 28.6 Å². The molecule has 1 aliphatic rings. The minimum atomic E-state index is -4.40. The summed E-state index contributed by atoms with van der Waals surface area (Å²) in [7, 11) is -4.40. The van der Waals surface area contributed by atoms with Gasteiger partial charge in [0.1, 0.15) is 17.5 Å². The first-order valence-corrected chi connectivity index (χ1v) is 9.72. The van der Waals surface area contributed by atoms with Crippen molar-refractivity contribution in [2.45, 2.75) is 4.90 Å². The molecule has 0 aromatic heterocycles. The standard InChI is InChI=1S/C17H14ClF3N2O3S/c18-11-4-5-12(15(21)10-11)17(24)22-6-8-23(9-7-22)27(25,26)16-13(19)2-1-3-14(16)20/h1-5,10H,6-9H2. The quantitative estimate of drug-likeness (QED) is 0.770. The smallest absolute Gasteiger partial charge is 0.256 e. The van der Waals surface area contributed by atoms with Crippen LogP contribution in [0.15, 0.2) is 41.3 Å². The van der Waals surface area contributed by atoms with E-state index in [1.807, 2.05) is 0 Å². The topological polar surface area (TPSA) is 57.7 Å². The van der Waals surface area contributed by atoms with Gasteiger partial charge in [-0.05, 0) is 30.3 Å². The van der Waals surface area contributed by atoms with Crippen molar-refractivity contribution in [2.24, 2.45) is 0 Å². The van der Waals surface area contributed by atoms with Crippen molar-refractivity contribution in [3.8, 4) is 0 Å². The summed E-state index contributed by atoms with van der Waals surface area (Å²) >= 11 is 5.66. The Morgan fingerprint density at radius 3 is 2.07 bits per heavy atom. The number of sulfonamides is 1. The van der Waals surface area contributed by atoms with Crippen LogP contribution in [0.4, 0.5) is 13.2 Å². The number of hydrogen-bond donors (Lipinski definition) is 0. The second kappa shape index (κ2) is 7.49. The van der Waals surface area contributed by atoms with Gasteiger partial charge in [-0.25, -0.2) is 21.6 Å². The summed E-state index contributed by atoms with van der Waals surface area (Å²) in [6.45, 7) is -0.430. The summed E-state index contributed by atoms with van der Waals surface area (Å²) in [5.74, 6) is -3.76. The van der Waals surface area contributed by atoms with Crippen LogP contribution in [-0.4, -0.2) is 49.7 Å². The molecule has 0 radical (unpaired) electrons. The third-order valence-electron chi connectivity index (χ3n) is 4.20. The summed E-state index contributed by atoms with van der Waals surface area (Å²) in [5.41, 5.74) is -0.184. The fourth-order valence-electron chi connectivity index (χ4n) is 2.82. The van der Waals surface area contributed by atoms with Gasteiger partial charge in [0.15, 0.2) is 4.90 Å². The SMILES string of the molecule is O=C(c1ccc(Cl)cc1F)N1CCN(S(=O)(=O)c2c(F)cccc2F)CC1. The molecule has 144 valence electrons. The molecule has 0 N–H and O–H groups in total. The summed E-state index contributed by atoms with van der Waals surface area (Å²) in [6, 6.07) is 6.42. The molecule has 10 heteroatoms. The van der Waals surface area contributed by atoms with Gasteiger partial charge in [-0.1, -0.05) is 17.7 Å². The highest BCUT2D eigenvalue weighted by Gasteiger charge is 2.34. The summed E-state index contributed by atoms with van der Waals surface area (Å²) in [4.78, 5) is 12.7. The predicted octanol–water partition coefficient (Wildman–Crippen LogP) is 2.90. The van der Waals surface area contributed by atoms with Crippen molar-refractivity contribution < 1.29 is 26.4 Å². The second-order valence-corrected chi connectivity index (χ2v) is 8.18. The Morgan fingerprint density at radius 1 is 0.926 bits per heavy atom. The maximum Gasteiger partial charge on any atom is 0.256 e. The van der Waals surface area contributed by atoms with Crippen LogP contribution in [0.2, 0.25) is 5.02 Å². The number of rotatable bonds is 3. The molecule has 2 aromatic carbocycles. The van der Waals surface area contributed by atoms with Crippen molar-refractivity contribution in [3.63, 3.8) is 0 Å². The molecule has 0 atom stereocenters. The Morgan fingerprint density at radius 2 is 1.52 bits per heavy atom. The largest absolute Gasteiger partial charge is 0.336 e. The van der Waals surface area contributed by atoms with E-state index >= 15 is 0 Å². The van der Waals surface area contributed by atoms with Crippen LogP contribution in [0.5, 0.6) is 0 Å². The van der Waals surface area contributed by atoms with E-state index in [9.17, 15) is 26.4 Å². The van der Waals surface area contributed by atoms with Crippen LogP contribution in [0.25, 0.3) is 0 Å². The second-order valence-electron chi connectivity index (χ2n) is 5.87. The Bertz CT molecular complexity index is 973. The van der Waals surface area contributed by atoms with Crippen LogP contribution < -0.4 is 0 Å². The predicted molar refractivity (Wildman–Crippen MR) is 92.4 cm³/mol. The molecule has 5 nitrogen and oxygen atoms in total. The number of carbonyl (C=O) groups excluding carboxylic acids is 1. The van der Waals surface area contributed by atoms with E-state index in [1.165, 1.54) is 17.0 Å². The molecule has 0 bridgehead atoms. The highest BCUT2D eigenvalue weighted by atomic mass is 35.5. The highest BCUT2D eigenvalue weighted by molar-refractivity contribution is 7.89.